The molecular weight excluding hydrogens is 296 g/mol. The first kappa shape index (κ1) is 17.4. The standard InChI is InChI=1S/C17H26N2O4/c1-5-13-6-7-14(22-13)15(20)18-10-12-8-9-19(11-12)16(21)23-17(2,3)4/h6-7,12H,5,8-11H2,1-4H3,(H,18,20)/t12-/m1/s1. The van der Waals surface area contributed by atoms with E-state index < -0.39 is 5.60 Å². The Hall–Kier alpha value is -1.98. The van der Waals surface area contributed by atoms with Gasteiger partial charge in [-0.2, -0.15) is 0 Å². The SMILES string of the molecule is CCc1ccc(C(=O)NC[C@H]2CCN(C(=O)OC(C)(C)C)C2)o1. The number of nitrogens with one attached hydrogen (secondary N) is 1. The second-order valence-electron chi connectivity index (χ2n) is 6.91. The van der Waals surface area contributed by atoms with Crippen molar-refractivity contribution >= 4 is 12.0 Å². The van der Waals surface area contributed by atoms with Gasteiger partial charge in [-0.25, -0.2) is 4.79 Å². The third-order valence-electron chi connectivity index (χ3n) is 3.72. The smallest absolute Gasteiger partial charge is 0.410 e. The van der Waals surface area contributed by atoms with E-state index in [0.717, 1.165) is 18.6 Å². The summed E-state index contributed by atoms with van der Waals surface area (Å²) in [7, 11) is 0. The fraction of sp³-hybridized carbons (Fsp3) is 0.647. The lowest BCUT2D eigenvalue weighted by Gasteiger charge is -2.24. The van der Waals surface area contributed by atoms with E-state index in [1.54, 1.807) is 11.0 Å². The Morgan fingerprint density at radius 3 is 2.74 bits per heavy atom. The molecule has 6 heteroatoms. The van der Waals surface area contributed by atoms with Gasteiger partial charge in [0.15, 0.2) is 5.76 Å². The summed E-state index contributed by atoms with van der Waals surface area (Å²) in [4.78, 5) is 25.7. The van der Waals surface area contributed by atoms with E-state index in [9.17, 15) is 9.59 Å². The van der Waals surface area contributed by atoms with E-state index in [-0.39, 0.29) is 17.9 Å². The average molecular weight is 322 g/mol. The van der Waals surface area contributed by atoms with E-state index in [4.69, 9.17) is 9.15 Å². The van der Waals surface area contributed by atoms with Gasteiger partial charge in [-0.3, -0.25) is 4.79 Å². The maximum Gasteiger partial charge on any atom is 0.410 e. The third-order valence-corrected chi connectivity index (χ3v) is 3.72. The number of hydrogen-bond acceptors (Lipinski definition) is 4. The Bertz CT molecular complexity index is 559. The highest BCUT2D eigenvalue weighted by atomic mass is 16.6. The van der Waals surface area contributed by atoms with Crippen molar-refractivity contribution in [3.8, 4) is 0 Å². The molecule has 0 aromatic carbocycles. The Kier molecular flexibility index (Phi) is 5.34. The lowest BCUT2D eigenvalue weighted by atomic mass is 10.1. The molecule has 128 valence electrons. The quantitative estimate of drug-likeness (QED) is 0.925. The lowest BCUT2D eigenvalue weighted by molar-refractivity contribution is 0.0288. The Morgan fingerprint density at radius 2 is 2.13 bits per heavy atom. The summed E-state index contributed by atoms with van der Waals surface area (Å²) in [6, 6.07) is 3.50. The molecule has 0 spiro atoms. The monoisotopic (exact) mass is 322 g/mol. The molecule has 23 heavy (non-hydrogen) atoms. The van der Waals surface area contributed by atoms with Crippen LogP contribution in [-0.2, 0) is 11.2 Å². The molecule has 0 aliphatic carbocycles. The first-order valence-corrected chi connectivity index (χ1v) is 8.13. The molecule has 1 saturated heterocycles. The van der Waals surface area contributed by atoms with Crippen molar-refractivity contribution in [2.75, 3.05) is 19.6 Å². The van der Waals surface area contributed by atoms with Gasteiger partial charge in [0, 0.05) is 26.1 Å². The number of amides is 2. The minimum absolute atomic E-state index is 0.208. The minimum atomic E-state index is -0.486. The molecule has 1 aliphatic rings. The van der Waals surface area contributed by atoms with Gasteiger partial charge in [-0.1, -0.05) is 6.92 Å². The molecule has 0 radical (unpaired) electrons. The summed E-state index contributed by atoms with van der Waals surface area (Å²) in [5.41, 5.74) is -0.486. The number of furan rings is 1. The van der Waals surface area contributed by atoms with Crippen LogP contribution in [0.2, 0.25) is 0 Å². The fourth-order valence-electron chi connectivity index (χ4n) is 2.51. The molecule has 1 aliphatic heterocycles. The van der Waals surface area contributed by atoms with Crippen LogP contribution in [0.1, 0.15) is 50.4 Å². The van der Waals surface area contributed by atoms with Crippen LogP contribution in [0.15, 0.2) is 16.5 Å². The van der Waals surface area contributed by atoms with Crippen LogP contribution in [-0.4, -0.2) is 42.1 Å². The van der Waals surface area contributed by atoms with Crippen molar-refractivity contribution in [1.29, 1.82) is 0 Å². The third kappa shape index (κ3) is 5.01. The van der Waals surface area contributed by atoms with E-state index in [1.165, 1.54) is 0 Å². The van der Waals surface area contributed by atoms with Crippen LogP contribution in [0.4, 0.5) is 4.79 Å². The predicted molar refractivity (Wildman–Crippen MR) is 86.3 cm³/mol. The predicted octanol–water partition coefficient (Wildman–Crippen LogP) is 2.83. The number of ether oxygens (including phenoxy) is 1. The van der Waals surface area contributed by atoms with Crippen molar-refractivity contribution in [3.05, 3.63) is 23.7 Å². The molecule has 2 heterocycles. The van der Waals surface area contributed by atoms with Gasteiger partial charge < -0.3 is 19.4 Å². The Labute approximate surface area is 137 Å². The second kappa shape index (κ2) is 7.06. The van der Waals surface area contributed by atoms with Crippen LogP contribution in [0.25, 0.3) is 0 Å². The fourth-order valence-corrected chi connectivity index (χ4v) is 2.51. The highest BCUT2D eigenvalue weighted by Crippen LogP contribution is 2.19. The summed E-state index contributed by atoms with van der Waals surface area (Å²) in [6.07, 6.45) is 1.34. The van der Waals surface area contributed by atoms with Crippen molar-refractivity contribution in [2.24, 2.45) is 5.92 Å². The van der Waals surface area contributed by atoms with Gasteiger partial charge in [0.25, 0.3) is 5.91 Å². The van der Waals surface area contributed by atoms with Gasteiger partial charge in [0.2, 0.25) is 0 Å². The topological polar surface area (TPSA) is 71.8 Å². The zero-order valence-electron chi connectivity index (χ0n) is 14.3. The van der Waals surface area contributed by atoms with Gasteiger partial charge in [0.05, 0.1) is 0 Å². The number of aryl methyl sites for hydroxylation is 1. The summed E-state index contributed by atoms with van der Waals surface area (Å²) in [6.45, 7) is 9.33. The molecule has 1 atom stereocenters. The molecule has 0 unspecified atom stereocenters. The maximum absolute atomic E-state index is 12.0. The molecule has 2 rings (SSSR count). The largest absolute Gasteiger partial charge is 0.456 e. The van der Waals surface area contributed by atoms with Crippen molar-refractivity contribution in [2.45, 2.75) is 46.1 Å². The molecule has 1 N–H and O–H groups in total. The molecular formula is C17H26N2O4. The van der Waals surface area contributed by atoms with Crippen LogP contribution in [0.5, 0.6) is 0 Å². The zero-order valence-corrected chi connectivity index (χ0v) is 14.3. The van der Waals surface area contributed by atoms with Crippen molar-refractivity contribution < 1.29 is 18.7 Å². The number of likely N-dealkylation sites (tertiary alicyclic amines) is 1. The molecule has 2 amide bonds. The number of nitrogens with zero attached hydrogens (tertiary/aromatic N) is 1. The molecule has 0 bridgehead atoms. The Morgan fingerprint density at radius 1 is 1.39 bits per heavy atom. The average Bonchev–Trinajstić information content (AvgIpc) is 3.12. The van der Waals surface area contributed by atoms with E-state index >= 15 is 0 Å². The van der Waals surface area contributed by atoms with Crippen molar-refractivity contribution in [1.82, 2.24) is 10.2 Å². The van der Waals surface area contributed by atoms with Gasteiger partial charge in [-0.05, 0) is 45.2 Å². The second-order valence-corrected chi connectivity index (χ2v) is 6.91. The highest BCUT2D eigenvalue weighted by Gasteiger charge is 2.30. The molecule has 0 saturated carbocycles. The number of carbonyl (C=O) groups excluding carboxylic acids is 2. The van der Waals surface area contributed by atoms with Crippen LogP contribution in [0, 0.1) is 5.92 Å². The van der Waals surface area contributed by atoms with Gasteiger partial charge in [-0.15, -0.1) is 0 Å². The molecule has 1 fully saturated rings. The van der Waals surface area contributed by atoms with E-state index in [1.807, 2.05) is 33.8 Å². The van der Waals surface area contributed by atoms with Gasteiger partial charge >= 0.3 is 6.09 Å². The van der Waals surface area contributed by atoms with Crippen LogP contribution < -0.4 is 5.32 Å². The molecule has 6 nitrogen and oxygen atoms in total. The molecule has 1 aromatic rings. The lowest BCUT2D eigenvalue weighted by Crippen LogP contribution is -2.36. The minimum Gasteiger partial charge on any atom is -0.456 e. The Balaban J connectivity index is 1.77. The van der Waals surface area contributed by atoms with Crippen LogP contribution >= 0.6 is 0 Å². The molecule has 1 aromatic heterocycles. The summed E-state index contributed by atoms with van der Waals surface area (Å²) < 4.78 is 10.8. The van der Waals surface area contributed by atoms with E-state index in [2.05, 4.69) is 5.32 Å². The first-order chi connectivity index (χ1) is 10.8. The normalized spacial score (nSPS) is 18.1. The maximum atomic E-state index is 12.0. The van der Waals surface area contributed by atoms with Crippen LogP contribution in [0.3, 0.4) is 0 Å². The van der Waals surface area contributed by atoms with E-state index in [0.29, 0.717) is 25.4 Å². The number of rotatable bonds is 4. The zero-order chi connectivity index (χ0) is 17.0. The number of hydrogen-bond donors (Lipinski definition) is 1. The first-order valence-electron chi connectivity index (χ1n) is 8.13. The van der Waals surface area contributed by atoms with Gasteiger partial charge in [0.1, 0.15) is 11.4 Å². The van der Waals surface area contributed by atoms with Crippen molar-refractivity contribution in [3.63, 3.8) is 0 Å². The summed E-state index contributed by atoms with van der Waals surface area (Å²) in [5.74, 6) is 1.17. The number of carbonyl (C=O) groups is 2. The summed E-state index contributed by atoms with van der Waals surface area (Å²) >= 11 is 0. The summed E-state index contributed by atoms with van der Waals surface area (Å²) in [5, 5.41) is 2.87. The highest BCUT2D eigenvalue weighted by molar-refractivity contribution is 5.91.